The molecule has 158 valence electrons. The minimum absolute atomic E-state index is 0.0392. The largest absolute Gasteiger partial charge is 0.454 e. The molecule has 0 atom stereocenters. The molecule has 0 radical (unpaired) electrons. The van der Waals surface area contributed by atoms with Crippen molar-refractivity contribution < 1.29 is 27.8 Å². The second kappa shape index (κ2) is 9.97. The number of fused-ring (bicyclic) bond motifs is 1. The van der Waals surface area contributed by atoms with Crippen molar-refractivity contribution in [3.05, 3.63) is 54.1 Å². The van der Waals surface area contributed by atoms with Crippen LogP contribution in [0.15, 0.2) is 48.5 Å². The van der Waals surface area contributed by atoms with Gasteiger partial charge in [0, 0.05) is 13.6 Å². The van der Waals surface area contributed by atoms with Crippen molar-refractivity contribution in [3.63, 3.8) is 0 Å². The van der Waals surface area contributed by atoms with Crippen molar-refractivity contribution in [2.75, 3.05) is 25.5 Å². The lowest BCUT2D eigenvalue weighted by molar-refractivity contribution is -0.150. The van der Waals surface area contributed by atoms with Crippen LogP contribution in [0.5, 0.6) is 5.75 Å². The van der Waals surface area contributed by atoms with Crippen LogP contribution in [0.1, 0.15) is 5.56 Å². The molecule has 0 fully saturated rings. The number of anilines is 1. The van der Waals surface area contributed by atoms with Gasteiger partial charge in [-0.1, -0.05) is 35.6 Å². The first-order valence-corrected chi connectivity index (χ1v) is 9.75. The van der Waals surface area contributed by atoms with E-state index >= 15 is 0 Å². The summed E-state index contributed by atoms with van der Waals surface area (Å²) in [4.78, 5) is 29.8. The van der Waals surface area contributed by atoms with Gasteiger partial charge in [-0.3, -0.25) is 9.59 Å². The van der Waals surface area contributed by atoms with Gasteiger partial charge in [0.25, 0.3) is 5.91 Å². The topological polar surface area (TPSA) is 80.8 Å². The van der Waals surface area contributed by atoms with Crippen molar-refractivity contribution in [2.24, 2.45) is 0 Å². The number of alkyl halides is 2. The van der Waals surface area contributed by atoms with Gasteiger partial charge in [0.05, 0.1) is 10.2 Å². The van der Waals surface area contributed by atoms with E-state index in [1.165, 1.54) is 28.4 Å². The Labute approximate surface area is 175 Å². The maximum atomic E-state index is 12.2. The number of likely N-dealkylation sites (N-methyl/N-ethyl adjacent to an activating group) is 1. The third kappa shape index (κ3) is 6.11. The number of carbonyl (C=O) groups is 2. The Bertz CT molecular complexity index is 978. The van der Waals surface area contributed by atoms with Gasteiger partial charge in [-0.25, -0.2) is 4.98 Å². The molecule has 0 bridgehead atoms. The summed E-state index contributed by atoms with van der Waals surface area (Å²) in [6, 6.07) is 13.6. The SMILES string of the molecule is CN(Cc1ccc(OC(F)F)cc1)C(=O)COC(=O)CNc1nc2ccccc2s1. The van der Waals surface area contributed by atoms with Gasteiger partial charge in [-0.05, 0) is 29.8 Å². The molecule has 1 N–H and O–H groups in total. The van der Waals surface area contributed by atoms with Gasteiger partial charge in [0.2, 0.25) is 0 Å². The normalized spacial score (nSPS) is 10.8. The molecule has 1 heterocycles. The molecule has 2 aromatic carbocycles. The molecule has 0 saturated heterocycles. The zero-order valence-corrected chi connectivity index (χ0v) is 16.8. The second-order valence-electron chi connectivity index (χ2n) is 6.27. The summed E-state index contributed by atoms with van der Waals surface area (Å²) in [5.74, 6) is -0.932. The lowest BCUT2D eigenvalue weighted by Gasteiger charge is -2.17. The van der Waals surface area contributed by atoms with E-state index in [1.807, 2.05) is 24.3 Å². The number of ether oxygens (including phenoxy) is 2. The van der Waals surface area contributed by atoms with Gasteiger partial charge in [0.15, 0.2) is 11.7 Å². The smallest absolute Gasteiger partial charge is 0.387 e. The Balaban J connectivity index is 1.40. The summed E-state index contributed by atoms with van der Waals surface area (Å²) in [5.41, 5.74) is 1.56. The molecule has 3 aromatic rings. The fraction of sp³-hybridized carbons (Fsp3) is 0.250. The first-order chi connectivity index (χ1) is 14.4. The number of hydrogen-bond donors (Lipinski definition) is 1. The molecule has 0 aliphatic carbocycles. The predicted molar refractivity (Wildman–Crippen MR) is 109 cm³/mol. The molecule has 30 heavy (non-hydrogen) atoms. The average molecular weight is 435 g/mol. The van der Waals surface area contributed by atoms with E-state index in [2.05, 4.69) is 15.0 Å². The molecule has 10 heteroatoms. The number of thiazole rings is 1. The molecule has 3 rings (SSSR count). The number of para-hydroxylation sites is 1. The van der Waals surface area contributed by atoms with Crippen LogP contribution in [0, 0.1) is 0 Å². The van der Waals surface area contributed by atoms with Crippen LogP contribution in [0.2, 0.25) is 0 Å². The van der Waals surface area contributed by atoms with E-state index in [9.17, 15) is 18.4 Å². The van der Waals surface area contributed by atoms with E-state index in [4.69, 9.17) is 4.74 Å². The van der Waals surface area contributed by atoms with Crippen LogP contribution in [0.25, 0.3) is 10.2 Å². The number of halogens is 2. The number of nitrogens with zero attached hydrogens (tertiary/aromatic N) is 2. The third-order valence-electron chi connectivity index (χ3n) is 4.03. The van der Waals surface area contributed by atoms with Gasteiger partial charge in [-0.15, -0.1) is 0 Å². The van der Waals surface area contributed by atoms with Crippen LogP contribution in [-0.4, -0.2) is 48.6 Å². The highest BCUT2D eigenvalue weighted by molar-refractivity contribution is 7.22. The number of aromatic nitrogens is 1. The fourth-order valence-corrected chi connectivity index (χ4v) is 3.40. The van der Waals surface area contributed by atoms with Crippen LogP contribution >= 0.6 is 11.3 Å². The molecule has 1 aromatic heterocycles. The highest BCUT2D eigenvalue weighted by Gasteiger charge is 2.13. The van der Waals surface area contributed by atoms with Crippen LogP contribution < -0.4 is 10.1 Å². The van der Waals surface area contributed by atoms with Crippen LogP contribution in [0.4, 0.5) is 13.9 Å². The number of carbonyl (C=O) groups excluding carboxylic acids is 2. The summed E-state index contributed by atoms with van der Waals surface area (Å²) >= 11 is 1.42. The summed E-state index contributed by atoms with van der Waals surface area (Å²) in [6.07, 6.45) is 0. The number of benzene rings is 2. The second-order valence-corrected chi connectivity index (χ2v) is 7.30. The summed E-state index contributed by atoms with van der Waals surface area (Å²) in [5, 5.41) is 3.48. The van der Waals surface area contributed by atoms with Crippen LogP contribution in [0.3, 0.4) is 0 Å². The molecular formula is C20H19F2N3O4S. The Morgan fingerprint density at radius 2 is 1.90 bits per heavy atom. The van der Waals surface area contributed by atoms with E-state index in [1.54, 1.807) is 19.2 Å². The number of amides is 1. The molecule has 0 unspecified atom stereocenters. The van der Waals surface area contributed by atoms with Crippen molar-refractivity contribution in [1.29, 1.82) is 0 Å². The number of hydrogen-bond acceptors (Lipinski definition) is 7. The zero-order chi connectivity index (χ0) is 21.5. The number of rotatable bonds is 9. The van der Waals surface area contributed by atoms with Crippen molar-refractivity contribution in [2.45, 2.75) is 13.2 Å². The maximum absolute atomic E-state index is 12.2. The third-order valence-corrected chi connectivity index (χ3v) is 5.02. The Kier molecular flexibility index (Phi) is 7.12. The molecule has 0 aliphatic rings. The zero-order valence-electron chi connectivity index (χ0n) is 16.0. The molecular weight excluding hydrogens is 416 g/mol. The Morgan fingerprint density at radius 3 is 2.60 bits per heavy atom. The van der Waals surface area contributed by atoms with Crippen molar-refractivity contribution >= 4 is 38.6 Å². The molecule has 7 nitrogen and oxygen atoms in total. The van der Waals surface area contributed by atoms with Crippen molar-refractivity contribution in [3.8, 4) is 5.75 Å². The first-order valence-electron chi connectivity index (χ1n) is 8.93. The fourth-order valence-electron chi connectivity index (χ4n) is 2.54. The Morgan fingerprint density at radius 1 is 1.17 bits per heavy atom. The predicted octanol–water partition coefficient (Wildman–Crippen LogP) is 3.51. The highest BCUT2D eigenvalue weighted by Crippen LogP contribution is 2.25. The van der Waals surface area contributed by atoms with E-state index in [-0.39, 0.29) is 18.8 Å². The van der Waals surface area contributed by atoms with Crippen LogP contribution in [-0.2, 0) is 20.9 Å². The summed E-state index contributed by atoms with van der Waals surface area (Å²) in [7, 11) is 1.55. The van der Waals surface area contributed by atoms with Crippen molar-refractivity contribution in [1.82, 2.24) is 9.88 Å². The quantitative estimate of drug-likeness (QED) is 0.518. The van der Waals surface area contributed by atoms with Gasteiger partial charge in [-0.2, -0.15) is 8.78 Å². The molecule has 0 spiro atoms. The molecule has 0 saturated carbocycles. The van der Waals surface area contributed by atoms with Gasteiger partial charge in [0.1, 0.15) is 12.3 Å². The lowest BCUT2D eigenvalue weighted by atomic mass is 10.2. The number of esters is 1. The minimum Gasteiger partial charge on any atom is -0.454 e. The van der Waals surface area contributed by atoms with Gasteiger partial charge < -0.3 is 19.7 Å². The standard InChI is InChI=1S/C20H19F2N3O4S/c1-25(11-13-6-8-14(9-7-13)29-19(21)22)17(26)12-28-18(27)10-23-20-24-15-4-2-3-5-16(15)30-20/h2-9,19H,10-12H2,1H3,(H,23,24). The van der Waals surface area contributed by atoms with E-state index in [0.717, 1.165) is 15.8 Å². The van der Waals surface area contributed by atoms with E-state index < -0.39 is 25.1 Å². The summed E-state index contributed by atoms with van der Waals surface area (Å²) in [6.45, 7) is -3.17. The first kappa shape index (κ1) is 21.4. The maximum Gasteiger partial charge on any atom is 0.387 e. The molecule has 1 amide bonds. The summed E-state index contributed by atoms with van der Waals surface area (Å²) < 4.78 is 34.6. The number of nitrogens with one attached hydrogen (secondary N) is 1. The monoisotopic (exact) mass is 435 g/mol. The lowest BCUT2D eigenvalue weighted by Crippen LogP contribution is -2.31. The van der Waals surface area contributed by atoms with Gasteiger partial charge >= 0.3 is 12.6 Å². The minimum atomic E-state index is -2.89. The van der Waals surface area contributed by atoms with E-state index in [0.29, 0.717) is 5.13 Å². The Hall–Kier alpha value is -3.27. The molecule has 0 aliphatic heterocycles. The average Bonchev–Trinajstić information content (AvgIpc) is 3.14. The highest BCUT2D eigenvalue weighted by atomic mass is 32.1.